The molecule has 2 atom stereocenters. The molecule has 0 spiro atoms. The van der Waals surface area contributed by atoms with E-state index in [9.17, 15) is 19.0 Å². The van der Waals surface area contributed by atoms with E-state index in [4.69, 9.17) is 24.3 Å². The summed E-state index contributed by atoms with van der Waals surface area (Å²) in [4.78, 5) is 34.8. The molecule has 10 heteroatoms. The van der Waals surface area contributed by atoms with Crippen molar-refractivity contribution in [3.63, 3.8) is 0 Å². The first-order chi connectivity index (χ1) is 26.3. The second-order valence-electron chi connectivity index (χ2n) is 13.2. The Morgan fingerprint density at radius 3 is 1.52 bits per heavy atom. The van der Waals surface area contributed by atoms with Crippen molar-refractivity contribution in [1.29, 1.82) is 0 Å². The summed E-state index contributed by atoms with van der Waals surface area (Å²) in [6, 6.07) is 0. The van der Waals surface area contributed by atoms with Crippen molar-refractivity contribution in [2.24, 2.45) is 5.73 Å². The van der Waals surface area contributed by atoms with Gasteiger partial charge in [0.1, 0.15) is 6.61 Å². The Balaban J connectivity index is 4.33. The van der Waals surface area contributed by atoms with E-state index >= 15 is 0 Å². The molecule has 0 fully saturated rings. The highest BCUT2D eigenvalue weighted by Gasteiger charge is 2.25. The van der Waals surface area contributed by atoms with Gasteiger partial charge >= 0.3 is 19.8 Å². The third-order valence-electron chi connectivity index (χ3n) is 8.19. The first-order valence-electron chi connectivity index (χ1n) is 20.5. The molecule has 0 saturated heterocycles. The summed E-state index contributed by atoms with van der Waals surface area (Å²) >= 11 is 0. The second kappa shape index (κ2) is 39.9. The van der Waals surface area contributed by atoms with Crippen LogP contribution in [0.25, 0.3) is 0 Å². The van der Waals surface area contributed by atoms with Crippen molar-refractivity contribution in [2.45, 2.75) is 154 Å². The Hall–Kier alpha value is -2.81. The van der Waals surface area contributed by atoms with Gasteiger partial charge in [0.05, 0.1) is 13.2 Å². The topological polar surface area (TPSA) is 134 Å². The van der Waals surface area contributed by atoms with Crippen LogP contribution in [0.4, 0.5) is 0 Å². The summed E-state index contributed by atoms with van der Waals surface area (Å²) in [5, 5.41) is 0. The maximum Gasteiger partial charge on any atom is 0.472 e. The number of carbonyl (C=O) groups excluding carboxylic acids is 2. The minimum Gasteiger partial charge on any atom is -0.462 e. The maximum absolute atomic E-state index is 12.5. The van der Waals surface area contributed by atoms with Crippen LogP contribution in [-0.4, -0.2) is 49.3 Å². The molecular formula is C44H74NO8P. The monoisotopic (exact) mass is 776 g/mol. The van der Waals surface area contributed by atoms with Gasteiger partial charge in [0.25, 0.3) is 0 Å². The standard InChI is InChI=1S/C44H74NO8P/c1-3-5-7-9-11-13-15-17-18-19-20-21-22-23-25-27-29-31-33-35-37-44(47)53-42(41-52-54(48,49)51-39-38-45)40-50-43(46)36-34-32-30-28-26-24-16-14-12-10-8-6-4-2/h3,7,9,13,15,18-19,21-22,25,27,31,33,42H,1,4-6,8,10-12,14,16-17,20,23-24,26,28-30,32,34-41,45H2,2H3,(H,48,49)/b9-7-,15-13-,19-18-,22-21-,27-25-,33-31-. The van der Waals surface area contributed by atoms with Crippen LogP contribution in [0.3, 0.4) is 0 Å². The van der Waals surface area contributed by atoms with Gasteiger partial charge < -0.3 is 20.1 Å². The van der Waals surface area contributed by atoms with E-state index in [1.54, 1.807) is 0 Å². The minimum absolute atomic E-state index is 0.0379. The molecule has 0 radical (unpaired) electrons. The predicted octanol–water partition coefficient (Wildman–Crippen LogP) is 11.7. The molecule has 2 unspecified atom stereocenters. The summed E-state index contributed by atoms with van der Waals surface area (Å²) in [6.45, 7) is 5.06. The number of hydrogen-bond acceptors (Lipinski definition) is 8. The lowest BCUT2D eigenvalue weighted by atomic mass is 10.0. The quantitative estimate of drug-likeness (QED) is 0.0272. The number of ether oxygens (including phenoxy) is 2. The molecule has 9 nitrogen and oxygen atoms in total. The second-order valence-corrected chi connectivity index (χ2v) is 14.7. The largest absolute Gasteiger partial charge is 0.472 e. The molecule has 0 saturated carbocycles. The van der Waals surface area contributed by atoms with Crippen molar-refractivity contribution in [1.82, 2.24) is 0 Å². The normalized spacial score (nSPS) is 14.0. The molecule has 0 aromatic carbocycles. The van der Waals surface area contributed by atoms with Crippen LogP contribution >= 0.6 is 7.82 Å². The highest BCUT2D eigenvalue weighted by Crippen LogP contribution is 2.43. The van der Waals surface area contributed by atoms with Crippen LogP contribution in [0.15, 0.2) is 85.6 Å². The molecule has 0 heterocycles. The molecule has 308 valence electrons. The van der Waals surface area contributed by atoms with Gasteiger partial charge in [0, 0.05) is 19.4 Å². The van der Waals surface area contributed by atoms with Gasteiger partial charge in [-0.3, -0.25) is 18.6 Å². The molecule has 0 rings (SSSR count). The van der Waals surface area contributed by atoms with Crippen molar-refractivity contribution in [2.75, 3.05) is 26.4 Å². The average Bonchev–Trinajstić information content (AvgIpc) is 3.16. The van der Waals surface area contributed by atoms with E-state index in [0.29, 0.717) is 6.42 Å². The van der Waals surface area contributed by atoms with E-state index in [-0.39, 0.29) is 32.6 Å². The fraction of sp³-hybridized carbons (Fsp3) is 0.636. The van der Waals surface area contributed by atoms with Gasteiger partial charge in [-0.05, 0) is 51.4 Å². The number of phosphoric acid groups is 1. The number of carbonyl (C=O) groups is 2. The first kappa shape index (κ1) is 51.2. The minimum atomic E-state index is -4.40. The molecule has 0 aliphatic heterocycles. The number of allylic oxidation sites excluding steroid dienone is 13. The molecule has 0 aromatic rings. The first-order valence-corrected chi connectivity index (χ1v) is 22.0. The van der Waals surface area contributed by atoms with E-state index in [2.05, 4.69) is 74.3 Å². The Labute approximate surface area is 328 Å². The summed E-state index contributed by atoms with van der Waals surface area (Å²) in [5.74, 6) is -0.935. The number of esters is 2. The molecule has 0 bridgehead atoms. The molecule has 0 aromatic heterocycles. The van der Waals surface area contributed by atoms with Crippen LogP contribution in [0, 0.1) is 0 Å². The highest BCUT2D eigenvalue weighted by molar-refractivity contribution is 7.47. The SMILES string of the molecule is C=CC/C=C\C/C=C\C/C=C\C/C=C\C/C=C\C/C=C\CCC(=O)OC(COC(=O)CCCCCCCCCCCCCCC)COP(=O)(O)OCCN. The van der Waals surface area contributed by atoms with Gasteiger partial charge in [-0.1, -0.05) is 163 Å². The Morgan fingerprint density at radius 2 is 1.06 bits per heavy atom. The Morgan fingerprint density at radius 1 is 0.611 bits per heavy atom. The fourth-order valence-electron chi connectivity index (χ4n) is 5.16. The van der Waals surface area contributed by atoms with Gasteiger partial charge in [0.2, 0.25) is 0 Å². The summed E-state index contributed by atoms with van der Waals surface area (Å²) < 4.78 is 32.6. The van der Waals surface area contributed by atoms with Crippen molar-refractivity contribution >= 4 is 19.8 Å². The zero-order valence-corrected chi connectivity index (χ0v) is 34.4. The Kier molecular flexibility index (Phi) is 37.8. The van der Waals surface area contributed by atoms with Crippen LogP contribution in [0.5, 0.6) is 0 Å². The lowest BCUT2D eigenvalue weighted by molar-refractivity contribution is -0.161. The number of phosphoric ester groups is 1. The Bertz CT molecular complexity index is 1140. The zero-order valence-electron chi connectivity index (χ0n) is 33.5. The fourth-order valence-corrected chi connectivity index (χ4v) is 5.92. The van der Waals surface area contributed by atoms with Crippen LogP contribution in [0.1, 0.15) is 148 Å². The van der Waals surface area contributed by atoms with Gasteiger partial charge in [-0.2, -0.15) is 0 Å². The third kappa shape index (κ3) is 38.9. The van der Waals surface area contributed by atoms with E-state index in [0.717, 1.165) is 57.8 Å². The van der Waals surface area contributed by atoms with Crippen LogP contribution in [0.2, 0.25) is 0 Å². The summed E-state index contributed by atoms with van der Waals surface area (Å²) in [5.41, 5.74) is 5.33. The van der Waals surface area contributed by atoms with Gasteiger partial charge in [0.15, 0.2) is 6.10 Å². The van der Waals surface area contributed by atoms with Crippen LogP contribution in [-0.2, 0) is 32.7 Å². The smallest absolute Gasteiger partial charge is 0.462 e. The third-order valence-corrected chi connectivity index (χ3v) is 9.17. The molecule has 54 heavy (non-hydrogen) atoms. The van der Waals surface area contributed by atoms with Crippen molar-refractivity contribution < 1.29 is 37.6 Å². The number of hydrogen-bond donors (Lipinski definition) is 2. The maximum atomic E-state index is 12.5. The number of nitrogens with two attached hydrogens (primary N) is 1. The molecule has 0 aliphatic rings. The van der Waals surface area contributed by atoms with Crippen LogP contribution < -0.4 is 5.73 Å². The average molecular weight is 776 g/mol. The molecule has 3 N–H and O–H groups in total. The van der Waals surface area contributed by atoms with E-state index in [1.165, 1.54) is 64.2 Å². The lowest BCUT2D eigenvalue weighted by Crippen LogP contribution is -2.29. The molecular weight excluding hydrogens is 701 g/mol. The van der Waals surface area contributed by atoms with Gasteiger partial charge in [-0.25, -0.2) is 4.57 Å². The number of unbranched alkanes of at least 4 members (excludes halogenated alkanes) is 12. The van der Waals surface area contributed by atoms with Crippen molar-refractivity contribution in [3.8, 4) is 0 Å². The lowest BCUT2D eigenvalue weighted by Gasteiger charge is -2.19. The van der Waals surface area contributed by atoms with E-state index < -0.39 is 32.5 Å². The van der Waals surface area contributed by atoms with E-state index in [1.807, 2.05) is 18.2 Å². The predicted molar refractivity (Wildman–Crippen MR) is 224 cm³/mol. The molecule has 0 aliphatic carbocycles. The summed E-state index contributed by atoms with van der Waals surface area (Å²) in [6.07, 6.45) is 48.0. The zero-order chi connectivity index (χ0) is 39.6. The van der Waals surface area contributed by atoms with Crippen molar-refractivity contribution in [3.05, 3.63) is 85.6 Å². The van der Waals surface area contributed by atoms with Gasteiger partial charge in [-0.15, -0.1) is 6.58 Å². The summed E-state index contributed by atoms with van der Waals surface area (Å²) in [7, 11) is -4.40. The molecule has 0 amide bonds. The number of rotatable bonds is 38. The highest BCUT2D eigenvalue weighted by atomic mass is 31.2.